The number of aromatic nitrogens is 1. The molecule has 0 radical (unpaired) electrons. The van der Waals surface area contributed by atoms with E-state index in [0.29, 0.717) is 4.58 Å². The molecule has 0 spiro atoms. The van der Waals surface area contributed by atoms with Gasteiger partial charge in [-0.15, -0.1) is 23.5 Å². The van der Waals surface area contributed by atoms with Crippen molar-refractivity contribution < 1.29 is 0 Å². The predicted molar refractivity (Wildman–Crippen MR) is 91.6 cm³/mol. The van der Waals surface area contributed by atoms with Crippen molar-refractivity contribution in [1.29, 1.82) is 0 Å². The van der Waals surface area contributed by atoms with Crippen molar-refractivity contribution in [2.45, 2.75) is 14.4 Å². The summed E-state index contributed by atoms with van der Waals surface area (Å²) in [7, 11) is 0. The van der Waals surface area contributed by atoms with Gasteiger partial charge in [-0.05, 0) is 42.0 Å². The summed E-state index contributed by atoms with van der Waals surface area (Å²) in [6.45, 7) is 0. The number of benzene rings is 2. The molecule has 3 rings (SSSR count). The van der Waals surface area contributed by atoms with Gasteiger partial charge in [0.15, 0.2) is 0 Å². The first kappa shape index (κ1) is 14.2. The van der Waals surface area contributed by atoms with Gasteiger partial charge in [-0.25, -0.2) is 0 Å². The molecule has 1 nitrogen and oxygen atoms in total. The molecule has 0 bridgehead atoms. The van der Waals surface area contributed by atoms with Crippen LogP contribution in [-0.4, -0.2) is 4.98 Å². The molecule has 0 fully saturated rings. The second-order valence-electron chi connectivity index (χ2n) is 4.47. The highest BCUT2D eigenvalue weighted by molar-refractivity contribution is 8.16. The number of hydrogen-bond donors (Lipinski definition) is 0. The van der Waals surface area contributed by atoms with Crippen molar-refractivity contribution in [3.05, 3.63) is 90.8 Å². The van der Waals surface area contributed by atoms with Gasteiger partial charge < -0.3 is 0 Å². The third-order valence-electron chi connectivity index (χ3n) is 2.95. The highest BCUT2D eigenvalue weighted by Crippen LogP contribution is 2.46. The summed E-state index contributed by atoms with van der Waals surface area (Å²) in [4.78, 5) is 6.68. The maximum atomic E-state index is 4.12. The Hall–Kier alpha value is -1.71. The molecule has 0 saturated heterocycles. The zero-order valence-electron chi connectivity index (χ0n) is 11.4. The fraction of sp³-hybridized carbons (Fsp3) is 0.0556. The average Bonchev–Trinajstić information content (AvgIpc) is 2.57. The van der Waals surface area contributed by atoms with Gasteiger partial charge in [-0.2, -0.15) is 0 Å². The SMILES string of the molecule is c1ccc(SC(Sc2ccccc2)c2ccncc2)cc1. The first-order valence-electron chi connectivity index (χ1n) is 6.75. The Morgan fingerprint density at radius 2 is 1.10 bits per heavy atom. The van der Waals surface area contributed by atoms with Crippen LogP contribution in [-0.2, 0) is 0 Å². The summed E-state index contributed by atoms with van der Waals surface area (Å²) in [6.07, 6.45) is 3.72. The van der Waals surface area contributed by atoms with E-state index in [0.717, 1.165) is 0 Å². The van der Waals surface area contributed by atoms with E-state index in [4.69, 9.17) is 0 Å². The first-order chi connectivity index (χ1) is 10.4. The maximum Gasteiger partial charge on any atom is 0.0846 e. The van der Waals surface area contributed by atoms with Crippen molar-refractivity contribution in [2.24, 2.45) is 0 Å². The van der Waals surface area contributed by atoms with E-state index >= 15 is 0 Å². The molecular weight excluding hydrogens is 294 g/mol. The number of hydrogen-bond acceptors (Lipinski definition) is 3. The smallest absolute Gasteiger partial charge is 0.0846 e. The van der Waals surface area contributed by atoms with Gasteiger partial charge in [0.1, 0.15) is 0 Å². The highest BCUT2D eigenvalue weighted by Gasteiger charge is 2.14. The second kappa shape index (κ2) is 7.34. The lowest BCUT2D eigenvalue weighted by molar-refractivity contribution is 1.25. The Morgan fingerprint density at radius 1 is 0.619 bits per heavy atom. The van der Waals surface area contributed by atoms with E-state index in [2.05, 4.69) is 77.8 Å². The Balaban J connectivity index is 1.84. The third-order valence-corrected chi connectivity index (χ3v) is 5.59. The van der Waals surface area contributed by atoms with Crippen LogP contribution in [0, 0.1) is 0 Å². The van der Waals surface area contributed by atoms with Gasteiger partial charge in [0.05, 0.1) is 4.58 Å². The van der Waals surface area contributed by atoms with E-state index in [9.17, 15) is 0 Å². The summed E-state index contributed by atoms with van der Waals surface area (Å²) in [5, 5.41) is 0. The third kappa shape index (κ3) is 4.13. The summed E-state index contributed by atoms with van der Waals surface area (Å²) < 4.78 is 0.317. The molecule has 3 heteroatoms. The van der Waals surface area contributed by atoms with Crippen molar-refractivity contribution in [2.75, 3.05) is 0 Å². The van der Waals surface area contributed by atoms with Gasteiger partial charge in [-0.1, -0.05) is 36.4 Å². The molecule has 2 aromatic carbocycles. The van der Waals surface area contributed by atoms with Crippen molar-refractivity contribution in [1.82, 2.24) is 4.98 Å². The summed E-state index contributed by atoms with van der Waals surface area (Å²) in [6, 6.07) is 25.2. The molecule has 3 aromatic rings. The van der Waals surface area contributed by atoms with Crippen molar-refractivity contribution >= 4 is 23.5 Å². The standard InChI is InChI=1S/C18H15NS2/c1-3-7-16(8-4-1)20-18(15-11-13-19-14-12-15)21-17-9-5-2-6-10-17/h1-14,18H. The summed E-state index contributed by atoms with van der Waals surface area (Å²) in [5.74, 6) is 0. The lowest BCUT2D eigenvalue weighted by Gasteiger charge is -2.16. The Morgan fingerprint density at radius 3 is 1.57 bits per heavy atom. The number of nitrogens with zero attached hydrogens (tertiary/aromatic N) is 1. The quantitative estimate of drug-likeness (QED) is 0.445. The zero-order valence-corrected chi connectivity index (χ0v) is 13.1. The van der Waals surface area contributed by atoms with Gasteiger partial charge >= 0.3 is 0 Å². The molecule has 0 aliphatic heterocycles. The van der Waals surface area contributed by atoms with Gasteiger partial charge in [0.25, 0.3) is 0 Å². The Bertz CT molecular complexity index is 615. The van der Waals surface area contributed by atoms with Crippen LogP contribution in [0.4, 0.5) is 0 Å². The van der Waals surface area contributed by atoms with E-state index in [1.54, 1.807) is 0 Å². The molecule has 21 heavy (non-hydrogen) atoms. The van der Waals surface area contributed by atoms with Crippen molar-refractivity contribution in [3.8, 4) is 0 Å². The van der Waals surface area contributed by atoms with Crippen LogP contribution in [0.1, 0.15) is 10.1 Å². The second-order valence-corrected chi connectivity index (χ2v) is 7.13. The van der Waals surface area contributed by atoms with Crippen LogP contribution < -0.4 is 0 Å². The van der Waals surface area contributed by atoms with Crippen LogP contribution in [0.3, 0.4) is 0 Å². The molecule has 0 N–H and O–H groups in total. The van der Waals surface area contributed by atoms with E-state index < -0.39 is 0 Å². The largest absolute Gasteiger partial charge is 0.265 e. The molecule has 104 valence electrons. The summed E-state index contributed by atoms with van der Waals surface area (Å²) in [5.41, 5.74) is 1.28. The lowest BCUT2D eigenvalue weighted by Crippen LogP contribution is -1.90. The average molecular weight is 309 g/mol. The van der Waals surface area contributed by atoms with E-state index in [1.807, 2.05) is 35.9 Å². The molecule has 0 saturated carbocycles. The Kier molecular flexibility index (Phi) is 4.98. The van der Waals surface area contributed by atoms with Crippen LogP contribution in [0.5, 0.6) is 0 Å². The van der Waals surface area contributed by atoms with Crippen LogP contribution in [0.2, 0.25) is 0 Å². The Labute approximate surface area is 133 Å². The molecular formula is C18H15NS2. The molecule has 0 aliphatic rings. The van der Waals surface area contributed by atoms with E-state index in [1.165, 1.54) is 15.4 Å². The number of thioether (sulfide) groups is 2. The molecule has 0 unspecified atom stereocenters. The normalized spacial score (nSPS) is 10.7. The number of rotatable bonds is 5. The fourth-order valence-electron chi connectivity index (χ4n) is 1.93. The molecule has 0 aliphatic carbocycles. The topological polar surface area (TPSA) is 12.9 Å². The minimum Gasteiger partial charge on any atom is -0.265 e. The predicted octanol–water partition coefficient (Wildman–Crippen LogP) is 5.66. The molecule has 0 amide bonds. The maximum absolute atomic E-state index is 4.12. The van der Waals surface area contributed by atoms with Gasteiger partial charge in [0, 0.05) is 22.2 Å². The van der Waals surface area contributed by atoms with Crippen LogP contribution in [0.15, 0.2) is 95.0 Å². The highest BCUT2D eigenvalue weighted by atomic mass is 32.2. The lowest BCUT2D eigenvalue weighted by atomic mass is 10.3. The molecule has 1 aromatic heterocycles. The monoisotopic (exact) mass is 309 g/mol. The van der Waals surface area contributed by atoms with Crippen molar-refractivity contribution in [3.63, 3.8) is 0 Å². The van der Waals surface area contributed by atoms with Crippen LogP contribution >= 0.6 is 23.5 Å². The van der Waals surface area contributed by atoms with E-state index in [-0.39, 0.29) is 0 Å². The minimum atomic E-state index is 0.317. The van der Waals surface area contributed by atoms with Gasteiger partial charge in [-0.3, -0.25) is 4.98 Å². The molecule has 0 atom stereocenters. The first-order valence-corrected chi connectivity index (χ1v) is 8.51. The minimum absolute atomic E-state index is 0.317. The zero-order chi connectivity index (χ0) is 14.3. The summed E-state index contributed by atoms with van der Waals surface area (Å²) >= 11 is 3.74. The van der Waals surface area contributed by atoms with Gasteiger partial charge in [0.2, 0.25) is 0 Å². The van der Waals surface area contributed by atoms with Crippen LogP contribution in [0.25, 0.3) is 0 Å². The number of pyridine rings is 1. The fourth-order valence-corrected chi connectivity index (χ4v) is 4.49. The molecule has 1 heterocycles.